The maximum Gasteiger partial charge on any atom is 0.328 e. The van der Waals surface area contributed by atoms with E-state index in [1.165, 1.54) is 0 Å². The van der Waals surface area contributed by atoms with E-state index in [-0.39, 0.29) is 30.6 Å². The largest absolute Gasteiger partial charge is 0.460 e. The number of carbonyl (C=O) groups excluding carboxylic acids is 4. The third kappa shape index (κ3) is 9.73. The lowest BCUT2D eigenvalue weighted by Crippen LogP contribution is -2.55. The Hall–Kier alpha value is -3.68. The summed E-state index contributed by atoms with van der Waals surface area (Å²) in [6.07, 6.45) is 2.59. The summed E-state index contributed by atoms with van der Waals surface area (Å²) in [5, 5.41) is 8.36. The second-order valence-corrected chi connectivity index (χ2v) is 11.6. The van der Waals surface area contributed by atoms with Gasteiger partial charge in [-0.15, -0.1) is 0 Å². The monoisotopic (exact) mass is 563 g/mol. The number of rotatable bonds is 9. The molecule has 1 heterocycles. The number of benzene rings is 2. The fraction of sp³-hybridized carbons (Fsp3) is 0.515. The third-order valence-electron chi connectivity index (χ3n) is 7.51. The van der Waals surface area contributed by atoms with Crippen LogP contribution in [0.2, 0.25) is 0 Å². The van der Waals surface area contributed by atoms with Crippen LogP contribution in [0.3, 0.4) is 0 Å². The molecule has 0 saturated carbocycles. The van der Waals surface area contributed by atoms with Crippen LogP contribution in [-0.4, -0.2) is 47.9 Å². The molecule has 0 aromatic heterocycles. The van der Waals surface area contributed by atoms with Gasteiger partial charge in [0.15, 0.2) is 0 Å². The average molecular weight is 564 g/mol. The van der Waals surface area contributed by atoms with Crippen molar-refractivity contribution in [1.29, 1.82) is 0 Å². The van der Waals surface area contributed by atoms with E-state index < -0.39 is 42.0 Å². The Kier molecular flexibility index (Phi) is 11.9. The number of unbranched alkanes of at least 4 members (excludes halogenated alkanes) is 1. The average Bonchev–Trinajstić information content (AvgIpc) is 2.95. The minimum atomic E-state index is -0.912. The summed E-state index contributed by atoms with van der Waals surface area (Å²) in [6.45, 7) is 9.53. The summed E-state index contributed by atoms with van der Waals surface area (Å²) in [7, 11) is 0. The number of amides is 3. The molecule has 3 amide bonds. The molecule has 0 aliphatic carbocycles. The van der Waals surface area contributed by atoms with Gasteiger partial charge in [0.05, 0.1) is 6.42 Å². The van der Waals surface area contributed by atoms with Crippen molar-refractivity contribution in [2.45, 2.75) is 97.4 Å². The van der Waals surface area contributed by atoms with Gasteiger partial charge in [0.2, 0.25) is 17.7 Å². The van der Waals surface area contributed by atoms with Gasteiger partial charge in [0.1, 0.15) is 24.2 Å². The van der Waals surface area contributed by atoms with E-state index in [1.807, 2.05) is 75.4 Å². The molecule has 1 aliphatic rings. The smallest absolute Gasteiger partial charge is 0.328 e. The molecule has 5 atom stereocenters. The molecule has 8 heteroatoms. The lowest BCUT2D eigenvalue weighted by atomic mass is 9.94. The summed E-state index contributed by atoms with van der Waals surface area (Å²) in [4.78, 5) is 53.0. The van der Waals surface area contributed by atoms with Gasteiger partial charge in [-0.25, -0.2) is 4.79 Å². The summed E-state index contributed by atoms with van der Waals surface area (Å²) in [6, 6.07) is 15.1. The van der Waals surface area contributed by atoms with Crippen molar-refractivity contribution in [3.63, 3.8) is 0 Å². The first-order valence-corrected chi connectivity index (χ1v) is 14.8. The van der Waals surface area contributed by atoms with Crippen molar-refractivity contribution in [3.8, 4) is 11.1 Å². The minimum Gasteiger partial charge on any atom is -0.460 e. The van der Waals surface area contributed by atoms with Gasteiger partial charge >= 0.3 is 5.97 Å². The Morgan fingerprint density at radius 2 is 1.49 bits per heavy atom. The first kappa shape index (κ1) is 31.8. The second-order valence-electron chi connectivity index (χ2n) is 11.6. The summed E-state index contributed by atoms with van der Waals surface area (Å²) in [5.41, 5.74) is 2.99. The zero-order valence-corrected chi connectivity index (χ0v) is 24.9. The van der Waals surface area contributed by atoms with Crippen LogP contribution in [-0.2, 0) is 30.3 Å². The zero-order valence-electron chi connectivity index (χ0n) is 24.9. The Balaban J connectivity index is 1.86. The predicted molar refractivity (Wildman–Crippen MR) is 160 cm³/mol. The maximum atomic E-state index is 13.4. The van der Waals surface area contributed by atoms with Gasteiger partial charge in [-0.1, -0.05) is 95.1 Å². The third-order valence-corrected chi connectivity index (χ3v) is 7.51. The van der Waals surface area contributed by atoms with Gasteiger partial charge in [0.25, 0.3) is 0 Å². The van der Waals surface area contributed by atoms with Crippen LogP contribution in [0.25, 0.3) is 11.1 Å². The van der Waals surface area contributed by atoms with Crippen molar-refractivity contribution in [2.24, 2.45) is 11.8 Å². The number of esters is 1. The molecular formula is C33H45N3O5. The standard InChI is InChI=1S/C33H45N3O5/c1-6-7-11-22(4)29-20-30(37)35-27(19-24-14-16-26(17-15-24)25-12-9-8-10-13-25)32(39)34-23(5)31(38)36-28(18-21(2)3)33(40)41-29/h8-10,12-17,21-23,27-29H,6-7,11,18-20H2,1-5H3,(H,34,39)(H,35,37)(H,36,38)/t22-,23-,27+,28+,29-/m0/s1. The van der Waals surface area contributed by atoms with Gasteiger partial charge in [-0.05, 0) is 48.3 Å². The number of nitrogens with one attached hydrogen (secondary N) is 3. The van der Waals surface area contributed by atoms with Crippen LogP contribution in [0.4, 0.5) is 0 Å². The van der Waals surface area contributed by atoms with Crippen molar-refractivity contribution < 1.29 is 23.9 Å². The zero-order chi connectivity index (χ0) is 29.9. The van der Waals surface area contributed by atoms with E-state index >= 15 is 0 Å². The fourth-order valence-corrected chi connectivity index (χ4v) is 5.01. The van der Waals surface area contributed by atoms with Crippen LogP contribution in [0.15, 0.2) is 54.6 Å². The molecule has 1 saturated heterocycles. The molecule has 41 heavy (non-hydrogen) atoms. The molecule has 1 aliphatic heterocycles. The summed E-state index contributed by atoms with van der Waals surface area (Å²) < 4.78 is 5.91. The first-order valence-electron chi connectivity index (χ1n) is 14.8. The van der Waals surface area contributed by atoms with E-state index in [2.05, 4.69) is 22.9 Å². The van der Waals surface area contributed by atoms with Gasteiger partial charge < -0.3 is 20.7 Å². The Bertz CT molecular complexity index is 1170. The van der Waals surface area contributed by atoms with Crippen molar-refractivity contribution in [1.82, 2.24) is 16.0 Å². The van der Waals surface area contributed by atoms with Gasteiger partial charge in [-0.2, -0.15) is 0 Å². The molecule has 1 fully saturated rings. The molecular weight excluding hydrogens is 518 g/mol. The van der Waals surface area contributed by atoms with Crippen LogP contribution in [0.5, 0.6) is 0 Å². The summed E-state index contributed by atoms with van der Waals surface area (Å²) in [5.74, 6) is -1.82. The number of carbonyl (C=O) groups is 4. The summed E-state index contributed by atoms with van der Waals surface area (Å²) >= 11 is 0. The highest BCUT2D eigenvalue weighted by atomic mass is 16.5. The van der Waals surface area contributed by atoms with Crippen LogP contribution in [0.1, 0.15) is 72.3 Å². The molecule has 0 spiro atoms. The molecule has 0 radical (unpaired) electrons. The predicted octanol–water partition coefficient (Wildman–Crippen LogP) is 4.56. The molecule has 3 rings (SSSR count). The topological polar surface area (TPSA) is 114 Å². The normalized spacial score (nSPS) is 23.3. The maximum absolute atomic E-state index is 13.4. The molecule has 8 nitrogen and oxygen atoms in total. The van der Waals surface area contributed by atoms with E-state index in [1.54, 1.807) is 6.92 Å². The Labute approximate surface area is 244 Å². The van der Waals surface area contributed by atoms with E-state index in [9.17, 15) is 19.2 Å². The number of ether oxygens (including phenoxy) is 1. The van der Waals surface area contributed by atoms with Crippen LogP contribution in [0, 0.1) is 11.8 Å². The van der Waals surface area contributed by atoms with Crippen molar-refractivity contribution in [2.75, 3.05) is 0 Å². The molecule has 222 valence electrons. The quantitative estimate of drug-likeness (QED) is 0.387. The molecule has 3 N–H and O–H groups in total. The van der Waals surface area contributed by atoms with E-state index in [4.69, 9.17) is 4.74 Å². The van der Waals surface area contributed by atoms with Crippen LogP contribution < -0.4 is 16.0 Å². The highest BCUT2D eigenvalue weighted by Crippen LogP contribution is 2.22. The molecule has 0 unspecified atom stereocenters. The van der Waals surface area contributed by atoms with E-state index in [0.29, 0.717) is 6.42 Å². The lowest BCUT2D eigenvalue weighted by Gasteiger charge is -2.27. The van der Waals surface area contributed by atoms with Crippen molar-refractivity contribution in [3.05, 3.63) is 60.2 Å². The van der Waals surface area contributed by atoms with Gasteiger partial charge in [0, 0.05) is 6.42 Å². The highest BCUT2D eigenvalue weighted by Gasteiger charge is 2.33. The SMILES string of the molecule is CCCC[C@H](C)[C@@H]1CC(=O)N[C@H](Cc2ccc(-c3ccccc3)cc2)C(=O)N[C@@H](C)C(=O)N[C@H](CC(C)C)C(=O)O1. The fourth-order valence-electron chi connectivity index (χ4n) is 5.01. The minimum absolute atomic E-state index is 0.0642. The Morgan fingerprint density at radius 1 is 0.829 bits per heavy atom. The van der Waals surface area contributed by atoms with Gasteiger partial charge in [-0.3, -0.25) is 14.4 Å². The molecule has 2 aromatic rings. The second kappa shape index (κ2) is 15.4. The molecule has 0 bridgehead atoms. The number of hydrogen-bond donors (Lipinski definition) is 3. The van der Waals surface area contributed by atoms with Crippen molar-refractivity contribution >= 4 is 23.7 Å². The highest BCUT2D eigenvalue weighted by molar-refractivity contribution is 5.94. The molecule has 2 aromatic carbocycles. The lowest BCUT2D eigenvalue weighted by molar-refractivity contribution is -0.157. The Morgan fingerprint density at radius 3 is 2.12 bits per heavy atom. The first-order chi connectivity index (χ1) is 19.6. The van der Waals surface area contributed by atoms with Crippen LogP contribution >= 0.6 is 0 Å². The number of cyclic esters (lactones) is 1. The van der Waals surface area contributed by atoms with E-state index in [0.717, 1.165) is 36.0 Å². The number of hydrogen-bond acceptors (Lipinski definition) is 5.